The molecule has 4 aromatic rings. The first-order valence-electron chi connectivity index (χ1n) is 10.2. The molecule has 4 rings (SSSR count). The van der Waals surface area contributed by atoms with Crippen molar-refractivity contribution in [3.05, 3.63) is 111 Å². The van der Waals surface area contributed by atoms with Crippen molar-refractivity contribution < 1.29 is 14.4 Å². The van der Waals surface area contributed by atoms with Crippen LogP contribution in [-0.2, 0) is 22.8 Å². The summed E-state index contributed by atoms with van der Waals surface area (Å²) in [6, 6.07) is 23.7. The number of aromatic nitrogens is 2. The van der Waals surface area contributed by atoms with Gasteiger partial charge in [-0.2, -0.15) is 0 Å². The highest BCUT2D eigenvalue weighted by atomic mass is 35.5. The van der Waals surface area contributed by atoms with Crippen LogP contribution >= 0.6 is 34.8 Å². The van der Waals surface area contributed by atoms with Crippen molar-refractivity contribution in [3.63, 3.8) is 0 Å². The van der Waals surface area contributed by atoms with Gasteiger partial charge < -0.3 is 4.74 Å². The summed E-state index contributed by atoms with van der Waals surface area (Å²) in [6.45, 7) is 0.302. The summed E-state index contributed by atoms with van der Waals surface area (Å²) in [7, 11) is 0. The standard InChI is InChI=1S/C25H18Cl3N3O3/c26-18-11-12-19(20(27)13-18)23-29-22(25(32)33-14-16-7-3-1-4-8-16)21(28)24(30-23)31-34-15-17-9-5-2-6-10-17/h1-13H,14-15H2,(H,29,30,31). The minimum atomic E-state index is -0.714. The second kappa shape index (κ2) is 11.3. The second-order valence-electron chi connectivity index (χ2n) is 7.12. The summed E-state index contributed by atoms with van der Waals surface area (Å²) in [4.78, 5) is 27.2. The van der Waals surface area contributed by atoms with Gasteiger partial charge in [-0.1, -0.05) is 95.5 Å². The number of ether oxygens (including phenoxy) is 1. The smallest absolute Gasteiger partial charge is 0.359 e. The number of nitrogens with one attached hydrogen (secondary N) is 1. The van der Waals surface area contributed by atoms with Crippen LogP contribution < -0.4 is 5.48 Å². The molecule has 1 heterocycles. The normalized spacial score (nSPS) is 10.7. The molecule has 0 aliphatic carbocycles. The molecule has 34 heavy (non-hydrogen) atoms. The predicted molar refractivity (Wildman–Crippen MR) is 133 cm³/mol. The van der Waals surface area contributed by atoms with Gasteiger partial charge in [-0.15, -0.1) is 0 Å². The average Bonchev–Trinajstić information content (AvgIpc) is 2.85. The molecular weight excluding hydrogens is 497 g/mol. The lowest BCUT2D eigenvalue weighted by Crippen LogP contribution is -2.13. The number of carbonyl (C=O) groups is 1. The number of carbonyl (C=O) groups excluding carboxylic acids is 1. The molecule has 1 N–H and O–H groups in total. The first-order valence-corrected chi connectivity index (χ1v) is 11.3. The number of rotatable bonds is 8. The predicted octanol–water partition coefficient (Wildman–Crippen LogP) is 7.00. The van der Waals surface area contributed by atoms with Gasteiger partial charge in [0.2, 0.25) is 0 Å². The van der Waals surface area contributed by atoms with Crippen LogP contribution in [0, 0.1) is 0 Å². The number of esters is 1. The Bertz CT molecular complexity index is 1290. The minimum absolute atomic E-state index is 0.0417. The zero-order valence-electron chi connectivity index (χ0n) is 17.7. The zero-order valence-corrected chi connectivity index (χ0v) is 19.9. The van der Waals surface area contributed by atoms with E-state index >= 15 is 0 Å². The minimum Gasteiger partial charge on any atom is -0.456 e. The van der Waals surface area contributed by atoms with Gasteiger partial charge in [-0.25, -0.2) is 20.2 Å². The molecule has 0 aliphatic rings. The van der Waals surface area contributed by atoms with E-state index < -0.39 is 5.97 Å². The van der Waals surface area contributed by atoms with E-state index in [9.17, 15) is 4.79 Å². The molecule has 0 radical (unpaired) electrons. The van der Waals surface area contributed by atoms with Crippen molar-refractivity contribution in [3.8, 4) is 11.4 Å². The van der Waals surface area contributed by atoms with E-state index in [2.05, 4.69) is 15.4 Å². The second-order valence-corrected chi connectivity index (χ2v) is 8.34. The van der Waals surface area contributed by atoms with Gasteiger partial charge in [0.05, 0.1) is 11.6 Å². The van der Waals surface area contributed by atoms with E-state index in [1.54, 1.807) is 18.2 Å². The zero-order chi connectivity index (χ0) is 23.9. The third kappa shape index (κ3) is 6.04. The van der Waals surface area contributed by atoms with Crippen molar-refractivity contribution in [1.29, 1.82) is 0 Å². The first-order chi connectivity index (χ1) is 16.5. The molecule has 1 aromatic heterocycles. The fraction of sp³-hybridized carbons (Fsp3) is 0.0800. The van der Waals surface area contributed by atoms with E-state index in [0.717, 1.165) is 11.1 Å². The number of hydrogen-bond acceptors (Lipinski definition) is 6. The number of anilines is 1. The molecule has 6 nitrogen and oxygen atoms in total. The van der Waals surface area contributed by atoms with Gasteiger partial charge in [-0.3, -0.25) is 4.84 Å². The average molecular weight is 515 g/mol. The van der Waals surface area contributed by atoms with Crippen molar-refractivity contribution in [2.75, 3.05) is 5.48 Å². The van der Waals surface area contributed by atoms with E-state index in [4.69, 9.17) is 44.4 Å². The van der Waals surface area contributed by atoms with Gasteiger partial charge in [0, 0.05) is 10.6 Å². The lowest BCUT2D eigenvalue weighted by atomic mass is 10.2. The highest BCUT2D eigenvalue weighted by molar-refractivity contribution is 6.37. The fourth-order valence-electron chi connectivity index (χ4n) is 2.99. The number of halogens is 3. The molecule has 0 amide bonds. The van der Waals surface area contributed by atoms with Crippen LogP contribution in [-0.4, -0.2) is 15.9 Å². The molecule has 0 fully saturated rings. The van der Waals surface area contributed by atoms with Crippen molar-refractivity contribution in [2.45, 2.75) is 13.2 Å². The Kier molecular flexibility index (Phi) is 7.98. The highest BCUT2D eigenvalue weighted by Gasteiger charge is 2.22. The summed E-state index contributed by atoms with van der Waals surface area (Å²) < 4.78 is 5.43. The van der Waals surface area contributed by atoms with Gasteiger partial charge in [-0.05, 0) is 29.3 Å². The van der Waals surface area contributed by atoms with Crippen LogP contribution in [0.1, 0.15) is 21.6 Å². The molecule has 0 aliphatic heterocycles. The summed E-state index contributed by atoms with van der Waals surface area (Å²) in [5, 5.41) is 0.726. The Morgan fingerprint density at radius 3 is 2.12 bits per heavy atom. The Labute approximate surface area is 211 Å². The van der Waals surface area contributed by atoms with Crippen LogP contribution in [0.4, 0.5) is 5.82 Å². The molecule has 172 valence electrons. The lowest BCUT2D eigenvalue weighted by Gasteiger charge is -2.13. The van der Waals surface area contributed by atoms with Gasteiger partial charge in [0.25, 0.3) is 0 Å². The Hall–Kier alpha value is -3.16. The van der Waals surface area contributed by atoms with Crippen LogP contribution in [0.3, 0.4) is 0 Å². The summed E-state index contributed by atoms with van der Waals surface area (Å²) in [5.41, 5.74) is 4.81. The molecule has 0 spiro atoms. The van der Waals surface area contributed by atoms with Gasteiger partial charge in [0.15, 0.2) is 17.3 Å². The molecule has 0 bridgehead atoms. The maximum absolute atomic E-state index is 12.9. The number of benzene rings is 3. The maximum atomic E-state index is 12.9. The third-order valence-corrected chi connectivity index (χ3v) is 5.59. The van der Waals surface area contributed by atoms with Crippen molar-refractivity contribution in [2.24, 2.45) is 0 Å². The van der Waals surface area contributed by atoms with Crippen LogP contribution in [0.5, 0.6) is 0 Å². The Morgan fingerprint density at radius 2 is 1.47 bits per heavy atom. The molecule has 0 atom stereocenters. The molecule has 0 unspecified atom stereocenters. The topological polar surface area (TPSA) is 73.3 Å². The summed E-state index contributed by atoms with van der Waals surface area (Å²) in [5.74, 6) is -0.461. The number of hydrogen-bond donors (Lipinski definition) is 1. The van der Waals surface area contributed by atoms with Crippen molar-refractivity contribution >= 4 is 46.6 Å². The Morgan fingerprint density at radius 1 is 0.824 bits per heavy atom. The first kappa shape index (κ1) is 24.0. The number of nitrogens with zero attached hydrogens (tertiary/aromatic N) is 2. The van der Waals surface area contributed by atoms with Crippen molar-refractivity contribution in [1.82, 2.24) is 9.97 Å². The van der Waals surface area contributed by atoms with E-state index in [1.807, 2.05) is 60.7 Å². The summed E-state index contributed by atoms with van der Waals surface area (Å²) >= 11 is 18.8. The maximum Gasteiger partial charge on any atom is 0.359 e. The van der Waals surface area contributed by atoms with Crippen LogP contribution in [0.15, 0.2) is 78.9 Å². The quantitative estimate of drug-likeness (QED) is 0.201. The molecule has 0 saturated carbocycles. The SMILES string of the molecule is O=C(OCc1ccccc1)c1nc(-c2ccc(Cl)cc2Cl)nc(NOCc2ccccc2)c1Cl. The van der Waals surface area contributed by atoms with Crippen LogP contribution in [0.25, 0.3) is 11.4 Å². The van der Waals surface area contributed by atoms with E-state index in [-0.39, 0.29) is 35.6 Å². The van der Waals surface area contributed by atoms with Crippen LogP contribution in [0.2, 0.25) is 15.1 Å². The van der Waals surface area contributed by atoms with Gasteiger partial charge in [0.1, 0.15) is 11.6 Å². The molecule has 9 heteroatoms. The van der Waals surface area contributed by atoms with E-state index in [1.165, 1.54) is 0 Å². The Balaban J connectivity index is 1.63. The lowest BCUT2D eigenvalue weighted by molar-refractivity contribution is 0.0466. The molecule has 0 saturated heterocycles. The molecular formula is C25H18Cl3N3O3. The molecule has 3 aromatic carbocycles. The van der Waals surface area contributed by atoms with Gasteiger partial charge >= 0.3 is 5.97 Å². The largest absolute Gasteiger partial charge is 0.456 e. The monoisotopic (exact) mass is 513 g/mol. The summed E-state index contributed by atoms with van der Waals surface area (Å²) in [6.07, 6.45) is 0. The van der Waals surface area contributed by atoms with E-state index in [0.29, 0.717) is 15.6 Å². The third-order valence-electron chi connectivity index (χ3n) is 4.68. The highest BCUT2D eigenvalue weighted by Crippen LogP contribution is 2.32. The fourth-order valence-corrected chi connectivity index (χ4v) is 3.69.